The Balaban J connectivity index is 1.59. The highest BCUT2D eigenvalue weighted by molar-refractivity contribution is 5.95. The topological polar surface area (TPSA) is 36.8 Å². The quantitative estimate of drug-likeness (QED) is 0.868. The number of hydrogen-bond acceptors (Lipinski definition) is 2. The zero-order valence-electron chi connectivity index (χ0n) is 16.6. The zero-order valence-corrected chi connectivity index (χ0v) is 16.6. The molecular weight excluding hydrogens is 341 g/mol. The first-order valence-corrected chi connectivity index (χ1v) is 9.59. The van der Waals surface area contributed by atoms with Crippen LogP contribution in [-0.2, 0) is 4.79 Å². The normalized spacial score (nSPS) is 16.3. The molecule has 0 saturated carbocycles. The van der Waals surface area contributed by atoms with Crippen molar-refractivity contribution in [3.8, 4) is 0 Å². The predicted octanol–water partition coefficient (Wildman–Crippen LogP) is 2.48. The second-order valence-electron chi connectivity index (χ2n) is 7.61. The van der Waals surface area contributed by atoms with Crippen LogP contribution in [0.25, 0.3) is 0 Å². The Morgan fingerprint density at radius 2 is 1.63 bits per heavy atom. The highest BCUT2D eigenvalue weighted by atomic mass is 19.1. The third-order valence-corrected chi connectivity index (χ3v) is 5.53. The molecule has 0 unspecified atom stereocenters. The Morgan fingerprint density at radius 3 is 2.19 bits per heavy atom. The number of hydrogen-bond donors (Lipinski definition) is 2. The van der Waals surface area contributed by atoms with Crippen LogP contribution >= 0.6 is 0 Å². The average Bonchev–Trinajstić information content (AvgIpc) is 2.64. The third-order valence-electron chi connectivity index (χ3n) is 5.53. The van der Waals surface area contributed by atoms with Gasteiger partial charge in [0, 0.05) is 11.4 Å². The summed E-state index contributed by atoms with van der Waals surface area (Å²) >= 11 is 0. The lowest BCUT2D eigenvalue weighted by atomic mass is 10.0. The summed E-state index contributed by atoms with van der Waals surface area (Å²) in [6.07, 6.45) is 0. The maximum atomic E-state index is 13.1. The molecule has 0 bridgehead atoms. The monoisotopic (exact) mass is 370 g/mol. The van der Waals surface area contributed by atoms with Crippen LogP contribution in [0, 0.1) is 26.6 Å². The first kappa shape index (κ1) is 19.4. The molecule has 1 fully saturated rings. The van der Waals surface area contributed by atoms with Crippen molar-refractivity contribution in [2.75, 3.05) is 36.4 Å². The van der Waals surface area contributed by atoms with Crippen LogP contribution in [-0.4, -0.2) is 38.1 Å². The summed E-state index contributed by atoms with van der Waals surface area (Å²) in [7, 11) is 0. The van der Waals surface area contributed by atoms with Gasteiger partial charge in [0.05, 0.1) is 26.2 Å². The standard InChI is InChI=1S/C22H28FN3O/c1-15-13-16(2)21(17(3)14-15)24-22(27)18(4)25-9-11-26(12-10-25)20-7-5-19(23)6-8-20/h5-8,13-14,18H,9-12H2,1-4H3,(H,24,27)/p+1/t18-/m1/s1. The first-order chi connectivity index (χ1) is 12.8. The molecule has 27 heavy (non-hydrogen) atoms. The summed E-state index contributed by atoms with van der Waals surface area (Å²) in [5.41, 5.74) is 5.38. The summed E-state index contributed by atoms with van der Waals surface area (Å²) in [5, 5.41) is 3.14. The minimum Gasteiger partial charge on any atom is -0.360 e. The number of aryl methyl sites for hydroxylation is 3. The van der Waals surface area contributed by atoms with E-state index >= 15 is 0 Å². The van der Waals surface area contributed by atoms with Crippen molar-refractivity contribution < 1.29 is 14.1 Å². The van der Waals surface area contributed by atoms with E-state index in [0.29, 0.717) is 0 Å². The van der Waals surface area contributed by atoms with Gasteiger partial charge < -0.3 is 15.1 Å². The van der Waals surface area contributed by atoms with Gasteiger partial charge in [-0.1, -0.05) is 17.7 Å². The van der Waals surface area contributed by atoms with Gasteiger partial charge in [-0.05, 0) is 63.1 Å². The predicted molar refractivity (Wildman–Crippen MR) is 108 cm³/mol. The van der Waals surface area contributed by atoms with Crippen LogP contribution in [0.15, 0.2) is 36.4 Å². The number of nitrogens with one attached hydrogen (secondary N) is 2. The lowest BCUT2D eigenvalue weighted by Crippen LogP contribution is -3.19. The molecule has 1 amide bonds. The molecule has 144 valence electrons. The van der Waals surface area contributed by atoms with Crippen molar-refractivity contribution in [1.29, 1.82) is 0 Å². The van der Waals surface area contributed by atoms with E-state index in [4.69, 9.17) is 0 Å². The minimum absolute atomic E-state index is 0.0651. The summed E-state index contributed by atoms with van der Waals surface area (Å²) in [5.74, 6) is -0.148. The van der Waals surface area contributed by atoms with Crippen molar-refractivity contribution >= 4 is 17.3 Å². The molecule has 4 nitrogen and oxygen atoms in total. The van der Waals surface area contributed by atoms with E-state index in [1.807, 2.05) is 32.9 Å². The second-order valence-corrected chi connectivity index (χ2v) is 7.61. The molecule has 1 aliphatic rings. The van der Waals surface area contributed by atoms with Gasteiger partial charge in [0.15, 0.2) is 6.04 Å². The molecule has 1 atom stereocenters. The molecule has 2 aromatic rings. The number of rotatable bonds is 4. The molecule has 0 spiro atoms. The third kappa shape index (κ3) is 4.48. The average molecular weight is 370 g/mol. The number of piperazine rings is 1. The van der Waals surface area contributed by atoms with Crippen molar-refractivity contribution in [2.24, 2.45) is 0 Å². The van der Waals surface area contributed by atoms with E-state index < -0.39 is 0 Å². The van der Waals surface area contributed by atoms with Crippen molar-refractivity contribution in [1.82, 2.24) is 0 Å². The fraction of sp³-hybridized carbons (Fsp3) is 0.409. The van der Waals surface area contributed by atoms with Gasteiger partial charge in [0.2, 0.25) is 0 Å². The number of quaternary nitrogens is 1. The Bertz CT molecular complexity index is 788. The minimum atomic E-state index is -0.213. The molecule has 3 rings (SSSR count). The highest BCUT2D eigenvalue weighted by Crippen LogP contribution is 2.22. The van der Waals surface area contributed by atoms with E-state index in [-0.39, 0.29) is 17.8 Å². The number of halogens is 1. The molecule has 5 heteroatoms. The number of nitrogens with zero attached hydrogens (tertiary/aromatic N) is 1. The smallest absolute Gasteiger partial charge is 0.282 e. The van der Waals surface area contributed by atoms with Crippen LogP contribution in [0.4, 0.5) is 15.8 Å². The molecule has 0 aliphatic carbocycles. The van der Waals surface area contributed by atoms with Crippen molar-refractivity contribution in [3.05, 3.63) is 58.9 Å². The molecule has 1 aliphatic heterocycles. The Morgan fingerprint density at radius 1 is 1.07 bits per heavy atom. The number of anilines is 2. The highest BCUT2D eigenvalue weighted by Gasteiger charge is 2.29. The fourth-order valence-corrected chi connectivity index (χ4v) is 3.93. The van der Waals surface area contributed by atoms with Gasteiger partial charge >= 0.3 is 0 Å². The van der Waals surface area contributed by atoms with Crippen LogP contribution < -0.4 is 15.1 Å². The van der Waals surface area contributed by atoms with Gasteiger partial charge in [-0.2, -0.15) is 0 Å². The SMILES string of the molecule is Cc1cc(C)c(NC(=O)[C@@H](C)[NH+]2CCN(c3ccc(F)cc3)CC2)c(C)c1. The summed E-state index contributed by atoms with van der Waals surface area (Å²) in [6, 6.07) is 10.7. The van der Waals surface area contributed by atoms with E-state index in [1.165, 1.54) is 22.6 Å². The maximum absolute atomic E-state index is 13.1. The summed E-state index contributed by atoms with van der Waals surface area (Å²) in [6.45, 7) is 11.6. The van der Waals surface area contributed by atoms with Gasteiger partial charge in [-0.3, -0.25) is 4.79 Å². The Labute approximate surface area is 161 Å². The largest absolute Gasteiger partial charge is 0.360 e. The number of amides is 1. The van der Waals surface area contributed by atoms with E-state index in [9.17, 15) is 9.18 Å². The number of carbonyl (C=O) groups is 1. The van der Waals surface area contributed by atoms with Crippen LogP contribution in [0.3, 0.4) is 0 Å². The number of benzene rings is 2. The van der Waals surface area contributed by atoms with E-state index in [1.54, 1.807) is 0 Å². The van der Waals surface area contributed by atoms with Crippen LogP contribution in [0.2, 0.25) is 0 Å². The summed E-state index contributed by atoms with van der Waals surface area (Å²) in [4.78, 5) is 16.3. The molecule has 1 saturated heterocycles. The van der Waals surface area contributed by atoms with Gasteiger partial charge in [-0.15, -0.1) is 0 Å². The molecule has 0 radical (unpaired) electrons. The molecular formula is C22H29FN3O+. The van der Waals surface area contributed by atoms with E-state index in [2.05, 4.69) is 29.3 Å². The maximum Gasteiger partial charge on any atom is 0.282 e. The van der Waals surface area contributed by atoms with Crippen LogP contribution in [0.5, 0.6) is 0 Å². The lowest BCUT2D eigenvalue weighted by Gasteiger charge is -2.36. The van der Waals surface area contributed by atoms with E-state index in [0.717, 1.165) is 48.7 Å². The van der Waals surface area contributed by atoms with Gasteiger partial charge in [0.25, 0.3) is 5.91 Å². The van der Waals surface area contributed by atoms with Gasteiger partial charge in [-0.25, -0.2) is 4.39 Å². The Hall–Kier alpha value is -2.40. The number of carbonyl (C=O) groups excluding carboxylic acids is 1. The van der Waals surface area contributed by atoms with Gasteiger partial charge in [0.1, 0.15) is 5.82 Å². The fourth-order valence-electron chi connectivity index (χ4n) is 3.93. The first-order valence-electron chi connectivity index (χ1n) is 9.59. The van der Waals surface area contributed by atoms with Crippen molar-refractivity contribution in [3.63, 3.8) is 0 Å². The molecule has 0 aromatic heterocycles. The van der Waals surface area contributed by atoms with Crippen molar-refractivity contribution in [2.45, 2.75) is 33.7 Å². The van der Waals surface area contributed by atoms with Crippen LogP contribution in [0.1, 0.15) is 23.6 Å². The molecule has 1 heterocycles. The molecule has 2 aromatic carbocycles. The molecule has 2 N–H and O–H groups in total. The zero-order chi connectivity index (χ0) is 19.6. The Kier molecular flexibility index (Phi) is 5.80. The second kappa shape index (κ2) is 8.09. The lowest BCUT2D eigenvalue weighted by molar-refractivity contribution is -0.914. The summed E-state index contributed by atoms with van der Waals surface area (Å²) < 4.78 is 13.1.